The van der Waals surface area contributed by atoms with Crippen LogP contribution in [0.2, 0.25) is 0 Å². The van der Waals surface area contributed by atoms with Gasteiger partial charge in [-0.1, -0.05) is 19.8 Å². The van der Waals surface area contributed by atoms with Gasteiger partial charge in [0.1, 0.15) is 11.6 Å². The minimum absolute atomic E-state index is 0.00423. The average molecular weight is 401 g/mol. The second kappa shape index (κ2) is 7.31. The van der Waals surface area contributed by atoms with Crippen LogP contribution in [0, 0.1) is 0 Å². The Morgan fingerprint density at radius 2 is 2.07 bits per heavy atom. The number of amides is 1. The van der Waals surface area contributed by atoms with Crippen molar-refractivity contribution in [2.24, 2.45) is 0 Å². The molecule has 3 heterocycles. The largest absolute Gasteiger partial charge is 0.325 e. The number of halogens is 2. The van der Waals surface area contributed by atoms with Gasteiger partial charge in [0.25, 0.3) is 0 Å². The molecule has 0 unspecified atom stereocenters. The van der Waals surface area contributed by atoms with Gasteiger partial charge in [0.2, 0.25) is 12.2 Å². The maximum Gasteiger partial charge on any atom is 0.303 e. The van der Waals surface area contributed by atoms with Gasteiger partial charge < -0.3 is 10.2 Å². The Bertz CT molecular complexity index is 924. The number of alkyl halides is 2. The third-order valence-corrected chi connectivity index (χ3v) is 5.74. The molecule has 2 aromatic heterocycles. The molecule has 2 aliphatic rings. The van der Waals surface area contributed by atoms with E-state index in [0.717, 1.165) is 50.3 Å². The number of aryl methyl sites for hydroxylation is 1. The number of hydrogen-bond acceptors (Lipinski definition) is 5. The van der Waals surface area contributed by atoms with E-state index < -0.39 is 11.7 Å². The molecule has 0 radical (unpaired) electrons. The molecule has 154 valence electrons. The van der Waals surface area contributed by atoms with Crippen LogP contribution < -0.4 is 10.2 Å². The van der Waals surface area contributed by atoms with Gasteiger partial charge in [0, 0.05) is 48.5 Å². The first kappa shape index (κ1) is 19.7. The lowest BCUT2D eigenvalue weighted by Crippen LogP contribution is -2.23. The zero-order valence-electron chi connectivity index (χ0n) is 16.7. The molecule has 6 nitrogen and oxygen atoms in total. The zero-order chi connectivity index (χ0) is 20.6. The summed E-state index contributed by atoms with van der Waals surface area (Å²) in [6.07, 6.45) is 8.05. The minimum Gasteiger partial charge on any atom is -0.325 e. The number of hydrogen-bond donors (Lipinski definition) is 1. The summed E-state index contributed by atoms with van der Waals surface area (Å²) < 4.78 is 28.2. The Labute approximate surface area is 168 Å². The van der Waals surface area contributed by atoms with Crippen molar-refractivity contribution in [3.63, 3.8) is 0 Å². The topological polar surface area (TPSA) is 71.0 Å². The summed E-state index contributed by atoms with van der Waals surface area (Å²) in [5, 5.41) is 2.57. The Morgan fingerprint density at radius 1 is 1.28 bits per heavy atom. The lowest BCUT2D eigenvalue weighted by Gasteiger charge is -2.22. The van der Waals surface area contributed by atoms with Crippen LogP contribution in [0.5, 0.6) is 0 Å². The van der Waals surface area contributed by atoms with E-state index in [1.165, 1.54) is 0 Å². The van der Waals surface area contributed by atoms with E-state index in [-0.39, 0.29) is 5.41 Å². The van der Waals surface area contributed by atoms with Gasteiger partial charge in [-0.15, -0.1) is 0 Å². The van der Waals surface area contributed by atoms with Crippen molar-refractivity contribution >= 4 is 23.7 Å². The molecule has 0 saturated heterocycles. The summed E-state index contributed by atoms with van der Waals surface area (Å²) in [5.74, 6) is -2.64. The number of aromatic nitrogens is 3. The standard InChI is InChI=1S/C21H25F2N5O/c1-3-4-5-6-14-9-18(27-19(26-14)20(2,22)23)28-12-21(7-8-21)15-11-24-17(25-13-29)10-16(15)28/h9-11,13H,3-8,12H2,1-2H3,(H,24,25,29). The van der Waals surface area contributed by atoms with Crippen molar-refractivity contribution in [1.82, 2.24) is 15.0 Å². The number of rotatable bonds is 8. The van der Waals surface area contributed by atoms with Gasteiger partial charge in [0.15, 0.2) is 0 Å². The molecule has 0 aromatic carbocycles. The molecule has 1 spiro atoms. The highest BCUT2D eigenvalue weighted by Gasteiger charge is 2.52. The number of nitrogens with zero attached hydrogens (tertiary/aromatic N) is 4. The van der Waals surface area contributed by atoms with Crippen molar-refractivity contribution in [3.05, 3.63) is 35.4 Å². The Hall–Kier alpha value is -2.64. The second-order valence-corrected chi connectivity index (χ2v) is 8.10. The number of fused-ring (bicyclic) bond motifs is 2. The fraction of sp³-hybridized carbons (Fsp3) is 0.524. The molecular formula is C21H25F2N5O. The molecule has 1 aliphatic heterocycles. The summed E-state index contributed by atoms with van der Waals surface area (Å²) in [6, 6.07) is 3.61. The Morgan fingerprint density at radius 3 is 2.72 bits per heavy atom. The summed E-state index contributed by atoms with van der Waals surface area (Å²) in [4.78, 5) is 25.5. The van der Waals surface area contributed by atoms with E-state index in [0.29, 0.717) is 36.7 Å². The van der Waals surface area contributed by atoms with Gasteiger partial charge in [0.05, 0.1) is 5.69 Å². The molecule has 1 amide bonds. The number of carbonyl (C=O) groups excluding carboxylic acids is 1. The zero-order valence-corrected chi connectivity index (χ0v) is 16.7. The molecular weight excluding hydrogens is 376 g/mol. The van der Waals surface area contributed by atoms with E-state index in [4.69, 9.17) is 0 Å². The monoisotopic (exact) mass is 401 g/mol. The smallest absolute Gasteiger partial charge is 0.303 e. The SMILES string of the molecule is CCCCCc1cc(N2CC3(CC3)c3cnc(NC=O)cc32)nc(C(C)(F)F)n1. The fourth-order valence-electron chi connectivity index (χ4n) is 3.97. The first-order chi connectivity index (χ1) is 13.9. The van der Waals surface area contributed by atoms with Gasteiger partial charge in [-0.25, -0.2) is 15.0 Å². The van der Waals surface area contributed by atoms with Gasteiger partial charge >= 0.3 is 5.92 Å². The highest BCUT2D eigenvalue weighted by atomic mass is 19.3. The van der Waals surface area contributed by atoms with Crippen molar-refractivity contribution in [1.29, 1.82) is 0 Å². The summed E-state index contributed by atoms with van der Waals surface area (Å²) in [6.45, 7) is 3.61. The van der Waals surface area contributed by atoms with Crippen LogP contribution in [0.15, 0.2) is 18.3 Å². The average Bonchev–Trinajstić information content (AvgIpc) is 3.39. The van der Waals surface area contributed by atoms with Gasteiger partial charge in [-0.3, -0.25) is 4.79 Å². The third-order valence-electron chi connectivity index (χ3n) is 5.74. The molecule has 8 heteroatoms. The van der Waals surface area contributed by atoms with Crippen molar-refractivity contribution in [3.8, 4) is 0 Å². The first-order valence-electron chi connectivity index (χ1n) is 10.1. The number of nitrogens with one attached hydrogen (secondary N) is 1. The summed E-state index contributed by atoms with van der Waals surface area (Å²) in [7, 11) is 0. The normalized spacial score (nSPS) is 16.8. The number of anilines is 3. The van der Waals surface area contributed by atoms with Crippen LogP contribution in [-0.4, -0.2) is 27.9 Å². The van der Waals surface area contributed by atoms with Crippen molar-refractivity contribution < 1.29 is 13.6 Å². The first-order valence-corrected chi connectivity index (χ1v) is 10.1. The summed E-state index contributed by atoms with van der Waals surface area (Å²) in [5.41, 5.74) is 2.60. The molecule has 0 bridgehead atoms. The van der Waals surface area contributed by atoms with Crippen LogP contribution >= 0.6 is 0 Å². The van der Waals surface area contributed by atoms with Gasteiger partial charge in [-0.05, 0) is 25.7 Å². The predicted molar refractivity (Wildman–Crippen MR) is 107 cm³/mol. The predicted octanol–water partition coefficient (Wildman–Crippen LogP) is 4.47. The van der Waals surface area contributed by atoms with Crippen LogP contribution in [0.1, 0.15) is 63.0 Å². The highest BCUT2D eigenvalue weighted by Crippen LogP contribution is 2.58. The van der Waals surface area contributed by atoms with Gasteiger partial charge in [-0.2, -0.15) is 8.78 Å². The molecule has 1 fully saturated rings. The molecule has 0 atom stereocenters. The molecule has 1 aliphatic carbocycles. The number of carbonyl (C=O) groups is 1. The molecule has 2 aromatic rings. The Kier molecular flexibility index (Phi) is 4.96. The second-order valence-electron chi connectivity index (χ2n) is 8.10. The molecule has 1 N–H and O–H groups in total. The molecule has 1 saturated carbocycles. The minimum atomic E-state index is -3.11. The maximum atomic E-state index is 14.1. The van der Waals surface area contributed by atoms with Crippen molar-refractivity contribution in [2.45, 2.75) is 63.7 Å². The fourth-order valence-corrected chi connectivity index (χ4v) is 3.97. The molecule has 29 heavy (non-hydrogen) atoms. The maximum absolute atomic E-state index is 14.1. The van der Waals surface area contributed by atoms with Crippen LogP contribution in [-0.2, 0) is 22.6 Å². The van der Waals surface area contributed by atoms with E-state index >= 15 is 0 Å². The lowest BCUT2D eigenvalue weighted by molar-refractivity contribution is -0.105. The van der Waals surface area contributed by atoms with E-state index in [2.05, 4.69) is 27.2 Å². The lowest BCUT2D eigenvalue weighted by atomic mass is 10.0. The highest BCUT2D eigenvalue weighted by molar-refractivity contribution is 5.77. The van der Waals surface area contributed by atoms with Crippen LogP contribution in [0.4, 0.5) is 26.1 Å². The molecule has 4 rings (SSSR count). The van der Waals surface area contributed by atoms with Crippen LogP contribution in [0.25, 0.3) is 0 Å². The number of unbranched alkanes of at least 4 members (excludes halogenated alkanes) is 2. The number of pyridine rings is 1. The third kappa shape index (κ3) is 3.80. The van der Waals surface area contributed by atoms with E-state index in [1.54, 1.807) is 12.3 Å². The van der Waals surface area contributed by atoms with Crippen LogP contribution in [0.3, 0.4) is 0 Å². The Balaban J connectivity index is 1.75. The van der Waals surface area contributed by atoms with E-state index in [9.17, 15) is 13.6 Å². The van der Waals surface area contributed by atoms with E-state index in [1.807, 2.05) is 11.0 Å². The van der Waals surface area contributed by atoms with Crippen molar-refractivity contribution in [2.75, 3.05) is 16.8 Å². The quantitative estimate of drug-likeness (QED) is 0.522. The summed E-state index contributed by atoms with van der Waals surface area (Å²) >= 11 is 0.